The molecule has 2 saturated carbocycles. The Bertz CT molecular complexity index is 2050. The molecule has 3 aliphatic rings. The SMILES string of the molecule is CC(C)(C)C1CCC(Oc2ccc(-c3cccc(C=O)c3CCC(C)(C)C3CCC(Oc4ccc(-c5cccc(CN6CCCC(C(=O)O)C6)c5F)cc4)CC3)cc2)CC1. The van der Waals surface area contributed by atoms with Gasteiger partial charge in [-0.15, -0.1) is 0 Å². The van der Waals surface area contributed by atoms with E-state index in [4.69, 9.17) is 9.47 Å². The van der Waals surface area contributed by atoms with Crippen molar-refractivity contribution in [2.45, 2.75) is 130 Å². The zero-order valence-corrected chi connectivity index (χ0v) is 36.6. The van der Waals surface area contributed by atoms with Crippen molar-refractivity contribution in [3.63, 3.8) is 0 Å². The van der Waals surface area contributed by atoms with Crippen LogP contribution < -0.4 is 9.47 Å². The van der Waals surface area contributed by atoms with Crippen molar-refractivity contribution in [2.75, 3.05) is 13.1 Å². The van der Waals surface area contributed by atoms with E-state index >= 15 is 4.39 Å². The van der Waals surface area contributed by atoms with Crippen LogP contribution in [0.1, 0.15) is 127 Å². The fourth-order valence-corrected chi connectivity index (χ4v) is 10.3. The number of piperidine rings is 1. The van der Waals surface area contributed by atoms with E-state index in [1.165, 1.54) is 12.8 Å². The molecule has 1 aliphatic heterocycles. The van der Waals surface area contributed by atoms with Crippen LogP contribution in [0.25, 0.3) is 22.3 Å². The lowest BCUT2D eigenvalue weighted by molar-refractivity contribution is -0.143. The van der Waals surface area contributed by atoms with Gasteiger partial charge in [-0.3, -0.25) is 14.5 Å². The molecule has 1 unspecified atom stereocenters. The van der Waals surface area contributed by atoms with Gasteiger partial charge >= 0.3 is 5.97 Å². The number of nitrogens with zero attached hydrogens (tertiary/aromatic N) is 1. The first-order valence-electron chi connectivity index (χ1n) is 22.6. The molecule has 0 aromatic heterocycles. The molecule has 0 bridgehead atoms. The molecule has 1 heterocycles. The monoisotopic (exact) mass is 815 g/mol. The minimum Gasteiger partial charge on any atom is -0.490 e. The van der Waals surface area contributed by atoms with Crippen molar-refractivity contribution in [1.29, 1.82) is 0 Å². The molecule has 2 aliphatic carbocycles. The molecule has 3 fully saturated rings. The molecule has 60 heavy (non-hydrogen) atoms. The smallest absolute Gasteiger partial charge is 0.307 e. The van der Waals surface area contributed by atoms with Gasteiger partial charge in [0.25, 0.3) is 0 Å². The first kappa shape index (κ1) is 43.6. The second-order valence-corrected chi connectivity index (χ2v) is 19.8. The highest BCUT2D eigenvalue weighted by Gasteiger charge is 2.34. The summed E-state index contributed by atoms with van der Waals surface area (Å²) in [5, 5.41) is 9.48. The zero-order chi connectivity index (χ0) is 42.4. The third kappa shape index (κ3) is 10.7. The second kappa shape index (κ2) is 19.1. The van der Waals surface area contributed by atoms with Crippen molar-refractivity contribution >= 4 is 12.3 Å². The fraction of sp³-hybridized carbons (Fsp3) is 0.509. The van der Waals surface area contributed by atoms with Gasteiger partial charge in [-0.1, -0.05) is 95.3 Å². The number of ether oxygens (including phenoxy) is 2. The highest BCUT2D eigenvalue weighted by atomic mass is 19.1. The third-order valence-electron chi connectivity index (χ3n) is 14.3. The summed E-state index contributed by atoms with van der Waals surface area (Å²) in [7, 11) is 0. The maximum absolute atomic E-state index is 15.8. The maximum Gasteiger partial charge on any atom is 0.307 e. The summed E-state index contributed by atoms with van der Waals surface area (Å²) in [5.74, 6) is 1.61. The molecule has 1 atom stereocenters. The van der Waals surface area contributed by atoms with Crippen LogP contribution in [0.5, 0.6) is 11.5 Å². The quantitative estimate of drug-likeness (QED) is 0.128. The predicted octanol–water partition coefficient (Wildman–Crippen LogP) is 12.8. The molecule has 4 aromatic rings. The molecule has 1 saturated heterocycles. The summed E-state index contributed by atoms with van der Waals surface area (Å²) in [6, 6.07) is 27.8. The molecule has 7 rings (SSSR count). The van der Waals surface area contributed by atoms with Crippen LogP contribution in [0, 0.1) is 34.4 Å². The lowest BCUT2D eigenvalue weighted by Crippen LogP contribution is -2.38. The number of likely N-dealkylation sites (tertiary alicyclic amines) is 1. The van der Waals surface area contributed by atoms with E-state index in [1.807, 2.05) is 42.5 Å². The maximum atomic E-state index is 15.8. The van der Waals surface area contributed by atoms with Crippen LogP contribution >= 0.6 is 0 Å². The number of hydrogen-bond donors (Lipinski definition) is 1. The number of carboxylic acid groups (broad SMARTS) is 1. The summed E-state index contributed by atoms with van der Waals surface area (Å²) < 4.78 is 28.7. The van der Waals surface area contributed by atoms with Gasteiger partial charge in [0.2, 0.25) is 0 Å². The standard InChI is InChI=1S/C53H66FNO5/c1-52(2,3)41-18-26-45(27-19-41)59-43-22-14-36(15-23-43)47-12-7-10-40(35-56)48(47)30-31-53(4,5)42-20-28-46(29-21-42)60-44-24-16-37(17-25-44)49-13-6-9-38(50(49)54)33-55-32-8-11-39(34-55)51(57)58/h6-7,9-10,12-17,22-25,35,39,41-42,45-46H,8,11,18-21,26-34H2,1-5H3,(H,57,58). The Labute approximate surface area is 357 Å². The Morgan fingerprint density at radius 1 is 0.733 bits per heavy atom. The molecule has 0 spiro atoms. The average Bonchev–Trinajstić information content (AvgIpc) is 3.24. The summed E-state index contributed by atoms with van der Waals surface area (Å²) in [6.07, 6.45) is 13.5. The third-order valence-corrected chi connectivity index (χ3v) is 14.3. The zero-order valence-electron chi connectivity index (χ0n) is 36.6. The highest BCUT2D eigenvalue weighted by Crippen LogP contribution is 2.44. The Kier molecular flexibility index (Phi) is 13.8. The molecular formula is C53H66FNO5. The second-order valence-electron chi connectivity index (χ2n) is 19.8. The Hall–Kier alpha value is -4.49. The lowest BCUT2D eigenvalue weighted by atomic mass is 9.68. The number of rotatable bonds is 14. The number of aldehydes is 1. The van der Waals surface area contributed by atoms with E-state index in [0.29, 0.717) is 42.0 Å². The van der Waals surface area contributed by atoms with Gasteiger partial charge in [-0.25, -0.2) is 4.39 Å². The van der Waals surface area contributed by atoms with Gasteiger partial charge in [0, 0.05) is 29.8 Å². The van der Waals surface area contributed by atoms with Gasteiger partial charge in [-0.05, 0) is 153 Å². The van der Waals surface area contributed by atoms with E-state index in [2.05, 4.69) is 69.9 Å². The molecule has 0 radical (unpaired) electrons. The Morgan fingerprint density at radius 3 is 1.85 bits per heavy atom. The Balaban J connectivity index is 0.912. The van der Waals surface area contributed by atoms with E-state index in [9.17, 15) is 14.7 Å². The van der Waals surface area contributed by atoms with Crippen molar-refractivity contribution < 1.29 is 28.6 Å². The van der Waals surface area contributed by atoms with Crippen molar-refractivity contribution in [2.24, 2.45) is 28.6 Å². The van der Waals surface area contributed by atoms with Crippen molar-refractivity contribution in [3.8, 4) is 33.8 Å². The van der Waals surface area contributed by atoms with E-state index in [0.717, 1.165) is 116 Å². The van der Waals surface area contributed by atoms with Crippen LogP contribution in [0.3, 0.4) is 0 Å². The number of carboxylic acids is 1. The number of halogens is 1. The first-order chi connectivity index (χ1) is 28.8. The van der Waals surface area contributed by atoms with Crippen LogP contribution in [0.4, 0.5) is 4.39 Å². The van der Waals surface area contributed by atoms with Gasteiger partial charge in [-0.2, -0.15) is 0 Å². The van der Waals surface area contributed by atoms with Crippen LogP contribution in [0.2, 0.25) is 0 Å². The number of hydrogen-bond acceptors (Lipinski definition) is 5. The van der Waals surface area contributed by atoms with E-state index in [-0.39, 0.29) is 23.4 Å². The lowest BCUT2D eigenvalue weighted by Gasteiger charge is -2.39. The molecule has 6 nitrogen and oxygen atoms in total. The summed E-state index contributed by atoms with van der Waals surface area (Å²) in [5.41, 5.74) is 6.51. The van der Waals surface area contributed by atoms with Gasteiger partial charge in [0.1, 0.15) is 23.6 Å². The van der Waals surface area contributed by atoms with Crippen LogP contribution in [-0.4, -0.2) is 47.6 Å². The van der Waals surface area contributed by atoms with Gasteiger partial charge < -0.3 is 14.6 Å². The van der Waals surface area contributed by atoms with Gasteiger partial charge in [0.15, 0.2) is 0 Å². The van der Waals surface area contributed by atoms with Crippen LogP contribution in [0.15, 0.2) is 84.9 Å². The van der Waals surface area contributed by atoms with E-state index < -0.39 is 11.9 Å². The Morgan fingerprint density at radius 2 is 1.28 bits per heavy atom. The highest BCUT2D eigenvalue weighted by molar-refractivity contribution is 5.83. The van der Waals surface area contributed by atoms with Gasteiger partial charge in [0.05, 0.1) is 18.1 Å². The molecule has 7 heteroatoms. The minimum atomic E-state index is -0.774. The fourth-order valence-electron chi connectivity index (χ4n) is 10.3. The number of carbonyl (C=O) groups excluding carboxylic acids is 1. The summed E-state index contributed by atoms with van der Waals surface area (Å²) in [6.45, 7) is 13.5. The summed E-state index contributed by atoms with van der Waals surface area (Å²) >= 11 is 0. The molecule has 0 amide bonds. The number of carbonyl (C=O) groups is 2. The van der Waals surface area contributed by atoms with Crippen molar-refractivity contribution in [1.82, 2.24) is 4.90 Å². The number of aliphatic carboxylic acids is 1. The predicted molar refractivity (Wildman–Crippen MR) is 239 cm³/mol. The molecule has 320 valence electrons. The van der Waals surface area contributed by atoms with Crippen LogP contribution in [-0.2, 0) is 17.8 Å². The first-order valence-corrected chi connectivity index (χ1v) is 22.6. The largest absolute Gasteiger partial charge is 0.490 e. The van der Waals surface area contributed by atoms with E-state index in [1.54, 1.807) is 12.1 Å². The topological polar surface area (TPSA) is 76.1 Å². The number of benzene rings is 4. The molecular weight excluding hydrogens is 750 g/mol. The average molecular weight is 816 g/mol. The minimum absolute atomic E-state index is 0.0914. The molecule has 1 N–H and O–H groups in total. The normalized spacial score (nSPS) is 22.9. The van der Waals surface area contributed by atoms with Crippen molar-refractivity contribution in [3.05, 3.63) is 107 Å². The molecule has 4 aromatic carbocycles. The summed E-state index contributed by atoms with van der Waals surface area (Å²) in [4.78, 5) is 25.9.